The first-order valence-corrected chi connectivity index (χ1v) is 3.26. The summed E-state index contributed by atoms with van der Waals surface area (Å²) in [7, 11) is 0. The molecule has 0 aromatic heterocycles. The van der Waals surface area contributed by atoms with E-state index in [1.165, 1.54) is 9.06 Å². The molecule has 0 aliphatic carbocycles. The van der Waals surface area contributed by atoms with Gasteiger partial charge in [0.05, 0.1) is 0 Å². The Hall–Kier alpha value is 0.500. The van der Waals surface area contributed by atoms with Crippen LogP contribution in [-0.2, 0) is 0 Å². The fraction of sp³-hybridized carbons (Fsp3) is 1.00. The lowest BCUT2D eigenvalue weighted by atomic mass is 10.8. The number of nitrogens with zero attached hydrogens (tertiary/aromatic N) is 2. The highest BCUT2D eigenvalue weighted by atomic mass is 35.5. The third-order valence-electron chi connectivity index (χ3n) is 0.757. The van der Waals surface area contributed by atoms with Gasteiger partial charge in [0.15, 0.2) is 0 Å². The second kappa shape index (κ2) is 4.39. The molecule has 0 bridgehead atoms. The zero-order valence-corrected chi connectivity index (χ0v) is 6.58. The first-order valence-electron chi connectivity index (χ1n) is 2.58. The summed E-state index contributed by atoms with van der Waals surface area (Å²) >= 11 is 11.1. The molecule has 0 N–H and O–H groups in total. The van der Waals surface area contributed by atoms with Gasteiger partial charge in [0.1, 0.15) is 0 Å². The van der Waals surface area contributed by atoms with E-state index < -0.39 is 0 Å². The molecule has 0 aliphatic heterocycles. The van der Waals surface area contributed by atoms with Crippen LogP contribution in [0.5, 0.6) is 0 Å². The second-order valence-corrected chi connectivity index (χ2v) is 2.09. The molecule has 0 amide bonds. The van der Waals surface area contributed by atoms with E-state index >= 15 is 0 Å². The molecular formula is C4H10Cl2N2. The molecule has 0 spiro atoms. The van der Waals surface area contributed by atoms with E-state index in [1.807, 2.05) is 13.8 Å². The van der Waals surface area contributed by atoms with Crippen LogP contribution in [-0.4, -0.2) is 22.1 Å². The van der Waals surface area contributed by atoms with Crippen molar-refractivity contribution in [1.29, 1.82) is 0 Å². The molecule has 2 nitrogen and oxygen atoms in total. The lowest BCUT2D eigenvalue weighted by Crippen LogP contribution is -2.26. The van der Waals surface area contributed by atoms with Crippen LogP contribution in [0.2, 0.25) is 0 Å². The molecule has 0 saturated carbocycles. The third-order valence-corrected chi connectivity index (χ3v) is 1.68. The van der Waals surface area contributed by atoms with E-state index in [2.05, 4.69) is 0 Å². The summed E-state index contributed by atoms with van der Waals surface area (Å²) in [5.74, 6) is 0. The highest BCUT2D eigenvalue weighted by molar-refractivity contribution is 6.19. The van der Waals surface area contributed by atoms with E-state index in [-0.39, 0.29) is 0 Å². The SMILES string of the molecule is CCN(Cl)N(Cl)CC. The van der Waals surface area contributed by atoms with Gasteiger partial charge in [0.25, 0.3) is 0 Å². The Balaban J connectivity index is 3.29. The molecule has 0 heterocycles. The highest BCUT2D eigenvalue weighted by Gasteiger charge is 2.02. The van der Waals surface area contributed by atoms with Crippen molar-refractivity contribution < 1.29 is 0 Å². The molecule has 4 heteroatoms. The standard InChI is InChI=1S/C4H10Cl2N2/c1-3-7(5)8(6)4-2/h3-4H2,1-2H3. The van der Waals surface area contributed by atoms with Gasteiger partial charge in [0.2, 0.25) is 0 Å². The van der Waals surface area contributed by atoms with Crippen molar-refractivity contribution in [1.82, 2.24) is 9.06 Å². The van der Waals surface area contributed by atoms with Crippen molar-refractivity contribution in [3.05, 3.63) is 0 Å². The van der Waals surface area contributed by atoms with Crippen LogP contribution < -0.4 is 0 Å². The zero-order valence-electron chi connectivity index (χ0n) is 5.06. The lowest BCUT2D eigenvalue weighted by Gasteiger charge is -2.18. The summed E-state index contributed by atoms with van der Waals surface area (Å²) in [4.78, 5) is 0. The first kappa shape index (κ1) is 8.50. The van der Waals surface area contributed by atoms with Gasteiger partial charge in [-0.3, -0.25) is 0 Å². The zero-order chi connectivity index (χ0) is 6.57. The Morgan fingerprint density at radius 2 is 1.25 bits per heavy atom. The third kappa shape index (κ3) is 2.72. The average Bonchev–Trinajstić information content (AvgIpc) is 1.84. The highest BCUT2D eigenvalue weighted by Crippen LogP contribution is 2.03. The van der Waals surface area contributed by atoms with Crippen LogP contribution >= 0.6 is 23.6 Å². The van der Waals surface area contributed by atoms with Gasteiger partial charge in [-0.2, -0.15) is 0 Å². The molecule has 0 aliphatic rings. The molecular weight excluding hydrogens is 147 g/mol. The molecule has 0 aromatic carbocycles. The van der Waals surface area contributed by atoms with Gasteiger partial charge in [-0.05, 0) is 37.4 Å². The number of hydrazine groups is 1. The van der Waals surface area contributed by atoms with Gasteiger partial charge in [-0.15, -0.1) is 9.06 Å². The molecule has 0 unspecified atom stereocenters. The number of halogens is 2. The van der Waals surface area contributed by atoms with Crippen LogP contribution in [0.25, 0.3) is 0 Å². The largest absolute Gasteiger partial charge is 0.139 e. The number of hydrogen-bond donors (Lipinski definition) is 0. The monoisotopic (exact) mass is 156 g/mol. The number of rotatable bonds is 3. The van der Waals surface area contributed by atoms with E-state index in [0.29, 0.717) is 0 Å². The van der Waals surface area contributed by atoms with Gasteiger partial charge in [-0.25, -0.2) is 0 Å². The molecule has 8 heavy (non-hydrogen) atoms. The van der Waals surface area contributed by atoms with Crippen LogP contribution in [0.4, 0.5) is 0 Å². The summed E-state index contributed by atoms with van der Waals surface area (Å²) in [6, 6.07) is 0. The molecule has 0 radical (unpaired) electrons. The first-order chi connectivity index (χ1) is 3.72. The van der Waals surface area contributed by atoms with Crippen molar-refractivity contribution >= 4 is 23.6 Å². The van der Waals surface area contributed by atoms with Crippen molar-refractivity contribution in [2.24, 2.45) is 0 Å². The summed E-state index contributed by atoms with van der Waals surface area (Å²) < 4.78 is 2.84. The van der Waals surface area contributed by atoms with Gasteiger partial charge >= 0.3 is 0 Å². The predicted octanol–water partition coefficient (Wildman–Crippen LogP) is 1.85. The summed E-state index contributed by atoms with van der Waals surface area (Å²) in [6.07, 6.45) is 0. The molecule has 0 rings (SSSR count). The van der Waals surface area contributed by atoms with Crippen LogP contribution in [0, 0.1) is 0 Å². The quantitative estimate of drug-likeness (QED) is 0.455. The van der Waals surface area contributed by atoms with Crippen LogP contribution in [0.1, 0.15) is 13.8 Å². The van der Waals surface area contributed by atoms with E-state index in [9.17, 15) is 0 Å². The van der Waals surface area contributed by atoms with Crippen LogP contribution in [0.15, 0.2) is 0 Å². The summed E-state index contributed by atoms with van der Waals surface area (Å²) in [5, 5.41) is 0. The summed E-state index contributed by atoms with van der Waals surface area (Å²) in [5.41, 5.74) is 0. The van der Waals surface area contributed by atoms with E-state index in [0.717, 1.165) is 13.1 Å². The van der Waals surface area contributed by atoms with Gasteiger partial charge in [0, 0.05) is 13.1 Å². The predicted molar refractivity (Wildman–Crippen MR) is 36.5 cm³/mol. The Labute approximate surface area is 60.2 Å². The smallest absolute Gasteiger partial charge is 0.0283 e. The minimum atomic E-state index is 0.721. The van der Waals surface area contributed by atoms with Gasteiger partial charge < -0.3 is 0 Å². The second-order valence-electron chi connectivity index (χ2n) is 1.31. The maximum Gasteiger partial charge on any atom is 0.0283 e. The Morgan fingerprint density at radius 3 is 1.38 bits per heavy atom. The van der Waals surface area contributed by atoms with Crippen molar-refractivity contribution in [2.75, 3.05) is 13.1 Å². The van der Waals surface area contributed by atoms with E-state index in [1.54, 1.807) is 0 Å². The fourth-order valence-electron chi connectivity index (χ4n) is 0.307. The maximum absolute atomic E-state index is 5.54. The maximum atomic E-state index is 5.54. The normalized spacial score (nSPS) is 11.2. The van der Waals surface area contributed by atoms with Crippen molar-refractivity contribution in [3.63, 3.8) is 0 Å². The molecule has 0 atom stereocenters. The van der Waals surface area contributed by atoms with Crippen molar-refractivity contribution in [3.8, 4) is 0 Å². The molecule has 0 fully saturated rings. The topological polar surface area (TPSA) is 6.48 Å². The lowest BCUT2D eigenvalue weighted by molar-refractivity contribution is 0.193. The van der Waals surface area contributed by atoms with Gasteiger partial charge in [-0.1, -0.05) is 0 Å². The average molecular weight is 157 g/mol. The minimum absolute atomic E-state index is 0.721. The summed E-state index contributed by atoms with van der Waals surface area (Å²) in [6.45, 7) is 5.30. The Morgan fingerprint density at radius 1 is 1.00 bits per heavy atom. The molecule has 0 saturated heterocycles. The number of hydrogen-bond acceptors (Lipinski definition) is 2. The van der Waals surface area contributed by atoms with Crippen LogP contribution in [0.3, 0.4) is 0 Å². The molecule has 0 aromatic rings. The Kier molecular flexibility index (Phi) is 4.66. The fourth-order valence-corrected chi connectivity index (χ4v) is 0.521. The Bertz CT molecular complexity index is 52.0. The van der Waals surface area contributed by atoms with Crippen molar-refractivity contribution in [2.45, 2.75) is 13.8 Å². The van der Waals surface area contributed by atoms with E-state index in [4.69, 9.17) is 23.6 Å². The molecule has 50 valence electrons. The minimum Gasteiger partial charge on any atom is -0.139 e.